The van der Waals surface area contributed by atoms with Crippen molar-refractivity contribution < 1.29 is 0 Å². The van der Waals surface area contributed by atoms with Crippen molar-refractivity contribution >= 4 is 0 Å². The quantitative estimate of drug-likeness (QED) is 0.901. The van der Waals surface area contributed by atoms with Crippen LogP contribution in [-0.2, 0) is 5.41 Å². The standard InChI is InChI=1S/C18H26N2/c1-14(17(2,3)4)12-20-16-10-18(11-16,13-19)15-8-6-5-7-9-15/h5-9,14,16,20H,10-12H2,1-4H3. The van der Waals surface area contributed by atoms with Gasteiger partial charge in [-0.1, -0.05) is 58.0 Å². The summed E-state index contributed by atoms with van der Waals surface area (Å²) in [5, 5.41) is 13.2. The first kappa shape index (κ1) is 15.1. The smallest absolute Gasteiger partial charge is 0.0852 e. The number of nitrogens with one attached hydrogen (secondary N) is 1. The molecule has 0 aliphatic heterocycles. The minimum atomic E-state index is -0.260. The predicted octanol–water partition coefficient (Wildman–Crippen LogP) is 3.88. The van der Waals surface area contributed by atoms with E-state index in [2.05, 4.69) is 51.2 Å². The lowest BCUT2D eigenvalue weighted by Gasteiger charge is -2.44. The topological polar surface area (TPSA) is 35.8 Å². The monoisotopic (exact) mass is 270 g/mol. The Morgan fingerprint density at radius 1 is 1.30 bits per heavy atom. The van der Waals surface area contributed by atoms with Crippen LogP contribution in [0.1, 0.15) is 46.1 Å². The van der Waals surface area contributed by atoms with Gasteiger partial charge in [-0.05, 0) is 36.3 Å². The maximum Gasteiger partial charge on any atom is 0.0852 e. The van der Waals surface area contributed by atoms with Crippen LogP contribution in [0.15, 0.2) is 30.3 Å². The van der Waals surface area contributed by atoms with Crippen molar-refractivity contribution in [3.05, 3.63) is 35.9 Å². The first-order valence-corrected chi connectivity index (χ1v) is 7.57. The van der Waals surface area contributed by atoms with Crippen molar-refractivity contribution in [2.75, 3.05) is 6.54 Å². The van der Waals surface area contributed by atoms with Gasteiger partial charge in [0.2, 0.25) is 0 Å². The van der Waals surface area contributed by atoms with Gasteiger partial charge in [0.05, 0.1) is 11.5 Å². The molecular weight excluding hydrogens is 244 g/mol. The zero-order chi connectivity index (χ0) is 14.8. The van der Waals surface area contributed by atoms with Gasteiger partial charge in [-0.3, -0.25) is 0 Å². The third kappa shape index (κ3) is 3.04. The highest BCUT2D eigenvalue weighted by molar-refractivity contribution is 5.36. The normalized spacial score (nSPS) is 27.4. The third-order valence-electron chi connectivity index (χ3n) is 4.92. The minimum Gasteiger partial charge on any atom is -0.314 e. The van der Waals surface area contributed by atoms with Gasteiger partial charge < -0.3 is 5.32 Å². The molecule has 0 spiro atoms. The van der Waals surface area contributed by atoms with Crippen molar-refractivity contribution in [2.24, 2.45) is 11.3 Å². The molecule has 1 aromatic rings. The summed E-state index contributed by atoms with van der Waals surface area (Å²) in [4.78, 5) is 0. The summed E-state index contributed by atoms with van der Waals surface area (Å²) in [5.41, 5.74) is 1.25. The number of nitrogens with zero attached hydrogens (tertiary/aromatic N) is 1. The van der Waals surface area contributed by atoms with Gasteiger partial charge in [-0.25, -0.2) is 0 Å². The zero-order valence-corrected chi connectivity index (χ0v) is 13.1. The van der Waals surface area contributed by atoms with Crippen molar-refractivity contribution in [3.63, 3.8) is 0 Å². The molecule has 0 aromatic heterocycles. The summed E-state index contributed by atoms with van der Waals surface area (Å²) in [6.45, 7) is 10.2. The van der Waals surface area contributed by atoms with Gasteiger partial charge in [-0.15, -0.1) is 0 Å². The van der Waals surface area contributed by atoms with E-state index in [0.717, 1.165) is 19.4 Å². The van der Waals surface area contributed by atoms with E-state index in [9.17, 15) is 5.26 Å². The van der Waals surface area contributed by atoms with Crippen LogP contribution in [0.2, 0.25) is 0 Å². The fourth-order valence-corrected chi connectivity index (χ4v) is 2.72. The van der Waals surface area contributed by atoms with Crippen LogP contribution in [0, 0.1) is 22.7 Å². The fraction of sp³-hybridized carbons (Fsp3) is 0.611. The molecule has 0 radical (unpaired) electrons. The van der Waals surface area contributed by atoms with Crippen LogP contribution in [0.25, 0.3) is 0 Å². The highest BCUT2D eigenvalue weighted by Gasteiger charge is 2.45. The molecule has 1 unspecified atom stereocenters. The highest BCUT2D eigenvalue weighted by Crippen LogP contribution is 2.43. The summed E-state index contributed by atoms with van der Waals surface area (Å²) in [6.07, 6.45) is 1.87. The second kappa shape index (κ2) is 5.58. The number of hydrogen-bond donors (Lipinski definition) is 1. The molecule has 108 valence electrons. The van der Waals surface area contributed by atoms with Crippen molar-refractivity contribution in [1.82, 2.24) is 5.32 Å². The van der Waals surface area contributed by atoms with Crippen LogP contribution in [0.4, 0.5) is 0 Å². The van der Waals surface area contributed by atoms with E-state index in [1.807, 2.05) is 18.2 Å². The molecule has 1 fully saturated rings. The first-order chi connectivity index (χ1) is 9.37. The Hall–Kier alpha value is -1.33. The van der Waals surface area contributed by atoms with Crippen LogP contribution >= 0.6 is 0 Å². The molecule has 0 heterocycles. The third-order valence-corrected chi connectivity index (χ3v) is 4.92. The van der Waals surface area contributed by atoms with Crippen LogP contribution in [0.3, 0.4) is 0 Å². The highest BCUT2D eigenvalue weighted by atomic mass is 14.9. The molecule has 2 heteroatoms. The maximum absolute atomic E-state index is 9.54. The Balaban J connectivity index is 1.89. The van der Waals surface area contributed by atoms with Crippen molar-refractivity contribution in [2.45, 2.75) is 52.0 Å². The maximum atomic E-state index is 9.54. The number of hydrogen-bond acceptors (Lipinski definition) is 2. The van der Waals surface area contributed by atoms with Gasteiger partial charge in [0.15, 0.2) is 0 Å². The number of nitriles is 1. The van der Waals surface area contributed by atoms with E-state index < -0.39 is 0 Å². The average molecular weight is 270 g/mol. The van der Waals surface area contributed by atoms with Crippen LogP contribution in [-0.4, -0.2) is 12.6 Å². The molecule has 0 bridgehead atoms. The fourth-order valence-electron chi connectivity index (χ4n) is 2.72. The summed E-state index contributed by atoms with van der Waals surface area (Å²) in [7, 11) is 0. The molecule has 1 aliphatic carbocycles. The van der Waals surface area contributed by atoms with E-state index >= 15 is 0 Å². The van der Waals surface area contributed by atoms with E-state index in [-0.39, 0.29) is 5.41 Å². The lowest BCUT2D eigenvalue weighted by molar-refractivity contribution is 0.189. The molecule has 1 atom stereocenters. The molecule has 1 aliphatic rings. The van der Waals surface area contributed by atoms with E-state index in [1.54, 1.807) is 0 Å². The summed E-state index contributed by atoms with van der Waals surface area (Å²) in [6, 6.07) is 13.2. The van der Waals surface area contributed by atoms with Gasteiger partial charge in [-0.2, -0.15) is 5.26 Å². The van der Waals surface area contributed by atoms with Crippen LogP contribution < -0.4 is 5.32 Å². The Morgan fingerprint density at radius 3 is 2.40 bits per heavy atom. The van der Waals surface area contributed by atoms with Gasteiger partial charge in [0, 0.05) is 6.04 Å². The van der Waals surface area contributed by atoms with Gasteiger partial charge in [0.25, 0.3) is 0 Å². The summed E-state index contributed by atoms with van der Waals surface area (Å²) in [5.74, 6) is 0.635. The Bertz CT molecular complexity index is 472. The summed E-state index contributed by atoms with van der Waals surface area (Å²) < 4.78 is 0. The molecule has 1 aromatic carbocycles. The molecule has 1 N–H and O–H groups in total. The molecule has 2 nitrogen and oxygen atoms in total. The van der Waals surface area contributed by atoms with Crippen LogP contribution in [0.5, 0.6) is 0 Å². The number of rotatable bonds is 4. The molecule has 1 saturated carbocycles. The molecule has 0 saturated heterocycles. The second-order valence-electron chi connectivity index (χ2n) is 7.34. The Kier molecular flexibility index (Phi) is 4.20. The molecular formula is C18H26N2. The number of benzene rings is 1. The van der Waals surface area contributed by atoms with E-state index in [0.29, 0.717) is 17.4 Å². The molecule has 0 amide bonds. The predicted molar refractivity (Wildman–Crippen MR) is 83.4 cm³/mol. The molecule has 2 rings (SSSR count). The minimum absolute atomic E-state index is 0.260. The SMILES string of the molecule is CC(CNC1CC(C#N)(c2ccccc2)C1)C(C)(C)C. The van der Waals surface area contributed by atoms with E-state index in [4.69, 9.17) is 0 Å². The largest absolute Gasteiger partial charge is 0.314 e. The van der Waals surface area contributed by atoms with Crippen molar-refractivity contribution in [3.8, 4) is 6.07 Å². The lowest BCUT2D eigenvalue weighted by atomic mass is 9.62. The lowest BCUT2D eigenvalue weighted by Crippen LogP contribution is -2.52. The Labute approximate surface area is 123 Å². The van der Waals surface area contributed by atoms with E-state index in [1.165, 1.54) is 5.56 Å². The average Bonchev–Trinajstić information content (AvgIpc) is 2.37. The first-order valence-electron chi connectivity index (χ1n) is 7.57. The van der Waals surface area contributed by atoms with Gasteiger partial charge in [0.1, 0.15) is 0 Å². The molecule has 20 heavy (non-hydrogen) atoms. The van der Waals surface area contributed by atoms with Gasteiger partial charge >= 0.3 is 0 Å². The summed E-state index contributed by atoms with van der Waals surface area (Å²) >= 11 is 0. The Morgan fingerprint density at radius 2 is 1.90 bits per heavy atom. The zero-order valence-electron chi connectivity index (χ0n) is 13.1. The van der Waals surface area contributed by atoms with Crippen molar-refractivity contribution in [1.29, 1.82) is 5.26 Å². The second-order valence-corrected chi connectivity index (χ2v) is 7.34.